The van der Waals surface area contributed by atoms with Crippen LogP contribution in [0.3, 0.4) is 0 Å². The number of carbonyl (C=O) groups excluding carboxylic acids is 2. The molecule has 188 valence electrons. The number of nitro groups is 1. The molecule has 37 heavy (non-hydrogen) atoms. The molecule has 1 heterocycles. The third-order valence-electron chi connectivity index (χ3n) is 5.69. The number of nitrogens with zero attached hydrogens (tertiary/aromatic N) is 3. The molecule has 1 aromatic heterocycles. The summed E-state index contributed by atoms with van der Waals surface area (Å²) in [5, 5.41) is 14.5. The average Bonchev–Trinajstić information content (AvgIpc) is 3.24. The Bertz CT molecular complexity index is 1560. The van der Waals surface area contributed by atoms with Crippen molar-refractivity contribution in [3.63, 3.8) is 0 Å². The smallest absolute Gasteiger partial charge is 0.288 e. The summed E-state index contributed by atoms with van der Waals surface area (Å²) < 4.78 is 1.22. The van der Waals surface area contributed by atoms with E-state index in [4.69, 9.17) is 23.2 Å². The molecule has 3 aromatic carbocycles. The fourth-order valence-electron chi connectivity index (χ4n) is 3.85. The highest BCUT2D eigenvalue weighted by Gasteiger charge is 2.27. The van der Waals surface area contributed by atoms with Gasteiger partial charge in [-0.2, -0.15) is 0 Å². The van der Waals surface area contributed by atoms with E-state index in [1.165, 1.54) is 21.7 Å². The van der Waals surface area contributed by atoms with Crippen LogP contribution in [-0.2, 0) is 0 Å². The van der Waals surface area contributed by atoms with Crippen LogP contribution in [0.1, 0.15) is 27.6 Å². The number of rotatable bonds is 8. The highest BCUT2D eigenvalue weighted by Crippen LogP contribution is 2.26. The van der Waals surface area contributed by atoms with E-state index in [-0.39, 0.29) is 22.7 Å². The highest BCUT2D eigenvalue weighted by molar-refractivity contribution is 6.32. The van der Waals surface area contributed by atoms with Crippen molar-refractivity contribution in [2.24, 2.45) is 0 Å². The molecule has 0 aliphatic carbocycles. The van der Waals surface area contributed by atoms with Crippen molar-refractivity contribution in [1.82, 2.24) is 14.7 Å². The van der Waals surface area contributed by atoms with Crippen LogP contribution in [0.4, 0.5) is 5.69 Å². The maximum atomic E-state index is 13.5. The van der Waals surface area contributed by atoms with E-state index in [2.05, 4.69) is 5.10 Å². The molecule has 0 saturated heterocycles. The first-order valence-electron chi connectivity index (χ1n) is 11.1. The van der Waals surface area contributed by atoms with Gasteiger partial charge >= 0.3 is 0 Å². The minimum atomic E-state index is -0.690. The Kier molecular flexibility index (Phi) is 7.56. The molecule has 0 bridgehead atoms. The van der Waals surface area contributed by atoms with Crippen molar-refractivity contribution >= 4 is 40.6 Å². The second kappa shape index (κ2) is 10.8. The normalized spacial score (nSPS) is 10.8. The van der Waals surface area contributed by atoms with Gasteiger partial charge in [0.25, 0.3) is 17.2 Å². The molecule has 0 spiro atoms. The Morgan fingerprint density at radius 3 is 2.41 bits per heavy atom. The van der Waals surface area contributed by atoms with E-state index < -0.39 is 34.4 Å². The topological polar surface area (TPSA) is 118 Å². The zero-order chi connectivity index (χ0) is 26.7. The summed E-state index contributed by atoms with van der Waals surface area (Å²) in [4.78, 5) is 51.9. The van der Waals surface area contributed by atoms with Gasteiger partial charge in [-0.15, -0.1) is 0 Å². The van der Waals surface area contributed by atoms with Crippen LogP contribution in [0.15, 0.2) is 77.6 Å². The average molecular weight is 539 g/mol. The third-order valence-corrected chi connectivity index (χ3v) is 6.25. The van der Waals surface area contributed by atoms with Crippen molar-refractivity contribution in [3.05, 3.63) is 114 Å². The highest BCUT2D eigenvalue weighted by atomic mass is 35.5. The van der Waals surface area contributed by atoms with Crippen molar-refractivity contribution in [2.45, 2.75) is 6.92 Å². The predicted molar refractivity (Wildman–Crippen MR) is 141 cm³/mol. The predicted octanol–water partition coefficient (Wildman–Crippen LogP) is 5.39. The van der Waals surface area contributed by atoms with Crippen molar-refractivity contribution in [2.75, 3.05) is 13.1 Å². The number of H-pyrrole nitrogens is 1. The Morgan fingerprint density at radius 2 is 1.76 bits per heavy atom. The van der Waals surface area contributed by atoms with Crippen molar-refractivity contribution < 1.29 is 14.5 Å². The number of hydrogen-bond acceptors (Lipinski definition) is 5. The van der Waals surface area contributed by atoms with Gasteiger partial charge in [0, 0.05) is 28.8 Å². The maximum absolute atomic E-state index is 13.5. The first-order valence-corrected chi connectivity index (χ1v) is 11.9. The summed E-state index contributed by atoms with van der Waals surface area (Å²) in [7, 11) is 0. The second-order valence-corrected chi connectivity index (χ2v) is 8.86. The fraction of sp³-hybridized carbons (Fsp3) is 0.115. The van der Waals surface area contributed by atoms with Crippen molar-refractivity contribution in [3.8, 4) is 16.9 Å². The number of likely N-dealkylation sites (N-methyl/N-ethyl adjacent to an activating group) is 1. The molecule has 0 radical (unpaired) electrons. The molecule has 9 nitrogen and oxygen atoms in total. The molecule has 1 amide bonds. The van der Waals surface area contributed by atoms with Crippen LogP contribution < -0.4 is 5.56 Å². The van der Waals surface area contributed by atoms with Gasteiger partial charge in [0.15, 0.2) is 5.78 Å². The number of aromatic nitrogens is 2. The molecule has 0 aliphatic heterocycles. The minimum Gasteiger partial charge on any atom is -0.331 e. The lowest BCUT2D eigenvalue weighted by atomic mass is 10.0. The first-order chi connectivity index (χ1) is 17.7. The molecule has 0 saturated carbocycles. The van der Waals surface area contributed by atoms with Gasteiger partial charge in [-0.1, -0.05) is 59.6 Å². The van der Waals surface area contributed by atoms with E-state index in [0.29, 0.717) is 22.0 Å². The van der Waals surface area contributed by atoms with E-state index in [0.717, 1.165) is 6.07 Å². The number of halogens is 2. The van der Waals surface area contributed by atoms with E-state index in [1.807, 2.05) is 0 Å². The molecular formula is C26H20Cl2N4O5. The SMILES string of the molecule is CCN(CC(=O)c1c(-c2ccccc2)[nH]n(-c2cccc(Cl)c2)c1=O)C(=O)c1ccc(Cl)c([N+](=O)[O-])c1. The quantitative estimate of drug-likeness (QED) is 0.183. The van der Waals surface area contributed by atoms with Crippen LogP contribution in [0.5, 0.6) is 0 Å². The summed E-state index contributed by atoms with van der Waals surface area (Å²) >= 11 is 12.0. The van der Waals surface area contributed by atoms with Crippen LogP contribution in [0.2, 0.25) is 10.0 Å². The molecule has 4 rings (SSSR count). The standard InChI is InChI=1S/C26H20Cl2N4O5/c1-2-30(25(34)17-11-12-20(28)21(13-17)32(36)37)15-22(33)23-24(16-7-4-3-5-8-16)29-31(26(23)35)19-10-6-9-18(27)14-19/h3-14,29H,2,15H2,1H3. The van der Waals surface area contributed by atoms with E-state index >= 15 is 0 Å². The molecule has 1 N–H and O–H groups in total. The zero-order valence-corrected chi connectivity index (χ0v) is 21.0. The summed E-state index contributed by atoms with van der Waals surface area (Å²) in [5.41, 5.74) is 0.185. The summed E-state index contributed by atoms with van der Waals surface area (Å²) in [6.45, 7) is 1.36. The van der Waals surface area contributed by atoms with Gasteiger partial charge in [-0.25, -0.2) is 4.68 Å². The van der Waals surface area contributed by atoms with Crippen LogP contribution in [-0.4, -0.2) is 44.4 Å². The Balaban J connectivity index is 1.74. The van der Waals surface area contributed by atoms with E-state index in [9.17, 15) is 24.5 Å². The Labute approximate surface area is 221 Å². The number of nitro benzene ring substituents is 1. The maximum Gasteiger partial charge on any atom is 0.288 e. The molecule has 11 heteroatoms. The second-order valence-electron chi connectivity index (χ2n) is 8.01. The molecule has 0 fully saturated rings. The Hall–Kier alpha value is -4.21. The fourth-order valence-corrected chi connectivity index (χ4v) is 4.23. The monoisotopic (exact) mass is 538 g/mol. The van der Waals surface area contributed by atoms with Crippen LogP contribution in [0, 0.1) is 10.1 Å². The largest absolute Gasteiger partial charge is 0.331 e. The van der Waals surface area contributed by atoms with Gasteiger partial charge in [0.2, 0.25) is 0 Å². The van der Waals surface area contributed by atoms with Crippen LogP contribution >= 0.6 is 23.2 Å². The molecule has 0 unspecified atom stereocenters. The third kappa shape index (κ3) is 5.32. The lowest BCUT2D eigenvalue weighted by molar-refractivity contribution is -0.384. The number of ketones is 1. The number of amides is 1. The number of Topliss-reactive ketones (excluding diaryl/α,β-unsaturated/α-hetero) is 1. The Morgan fingerprint density at radius 1 is 1.03 bits per heavy atom. The molecule has 0 aliphatic rings. The summed E-state index contributed by atoms with van der Waals surface area (Å²) in [5.74, 6) is -1.21. The van der Waals surface area contributed by atoms with Crippen molar-refractivity contribution in [1.29, 1.82) is 0 Å². The molecular weight excluding hydrogens is 519 g/mol. The minimum absolute atomic E-state index is 0.000519. The first kappa shape index (κ1) is 25.9. The van der Waals surface area contributed by atoms with Gasteiger partial charge in [0.05, 0.1) is 22.8 Å². The number of benzene rings is 3. The molecule has 0 atom stereocenters. The van der Waals surface area contributed by atoms with Gasteiger partial charge in [-0.05, 0) is 37.3 Å². The van der Waals surface area contributed by atoms with Gasteiger partial charge < -0.3 is 4.90 Å². The molecule has 4 aromatic rings. The van der Waals surface area contributed by atoms with Gasteiger partial charge in [-0.3, -0.25) is 29.6 Å². The number of carbonyl (C=O) groups is 2. The lowest BCUT2D eigenvalue weighted by Crippen LogP contribution is -2.37. The zero-order valence-electron chi connectivity index (χ0n) is 19.5. The summed E-state index contributed by atoms with van der Waals surface area (Å²) in [6.07, 6.45) is 0. The van der Waals surface area contributed by atoms with Gasteiger partial charge in [0.1, 0.15) is 10.6 Å². The van der Waals surface area contributed by atoms with Crippen LogP contribution in [0.25, 0.3) is 16.9 Å². The number of nitrogens with one attached hydrogen (secondary N) is 1. The number of hydrogen-bond donors (Lipinski definition) is 1. The lowest BCUT2D eigenvalue weighted by Gasteiger charge is -2.20. The van der Waals surface area contributed by atoms with E-state index in [1.54, 1.807) is 61.5 Å². The number of aromatic amines is 1. The summed E-state index contributed by atoms with van der Waals surface area (Å²) in [6, 6.07) is 19.1.